The van der Waals surface area contributed by atoms with E-state index in [9.17, 15) is 27.9 Å². The van der Waals surface area contributed by atoms with Crippen molar-refractivity contribution in [1.82, 2.24) is 20.1 Å². The fourth-order valence-corrected chi connectivity index (χ4v) is 7.58. The Labute approximate surface area is 285 Å². The molecule has 49 heavy (non-hydrogen) atoms. The molecule has 1 aromatic heterocycles. The second-order valence-corrected chi connectivity index (χ2v) is 14.5. The van der Waals surface area contributed by atoms with Crippen LogP contribution in [0.15, 0.2) is 67.0 Å². The van der Waals surface area contributed by atoms with Gasteiger partial charge in [-0.25, -0.2) is 4.79 Å². The number of pyridine rings is 1. The largest absolute Gasteiger partial charge is 0.480 e. The highest BCUT2D eigenvalue weighted by Crippen LogP contribution is 2.47. The van der Waals surface area contributed by atoms with Crippen LogP contribution in [0.5, 0.6) is 0 Å². The highest BCUT2D eigenvalue weighted by Gasteiger charge is 2.61. The lowest BCUT2D eigenvalue weighted by atomic mass is 9.76. The molecule has 0 unspecified atom stereocenters. The Kier molecular flexibility index (Phi) is 9.74. The van der Waals surface area contributed by atoms with Gasteiger partial charge in [0.1, 0.15) is 11.5 Å². The van der Waals surface area contributed by atoms with E-state index in [0.29, 0.717) is 17.5 Å². The van der Waals surface area contributed by atoms with Crippen LogP contribution >= 0.6 is 0 Å². The number of piperidine rings is 2. The van der Waals surface area contributed by atoms with E-state index >= 15 is 0 Å². The van der Waals surface area contributed by atoms with Gasteiger partial charge in [0.25, 0.3) is 0 Å². The zero-order valence-electron chi connectivity index (χ0n) is 28.4. The van der Waals surface area contributed by atoms with Crippen LogP contribution in [-0.4, -0.2) is 76.7 Å². The van der Waals surface area contributed by atoms with Crippen molar-refractivity contribution in [2.75, 3.05) is 32.7 Å². The molecule has 2 aliphatic rings. The van der Waals surface area contributed by atoms with Crippen LogP contribution in [0.3, 0.4) is 0 Å². The zero-order chi connectivity index (χ0) is 35.0. The molecule has 0 saturated carbocycles. The Balaban J connectivity index is 1.30. The highest BCUT2D eigenvalue weighted by molar-refractivity contribution is 6.06. The summed E-state index contributed by atoms with van der Waals surface area (Å²) >= 11 is 0. The normalized spacial score (nSPS) is 19.1. The second-order valence-electron chi connectivity index (χ2n) is 14.5. The lowest BCUT2D eigenvalue weighted by Gasteiger charge is -2.41. The molecule has 0 bridgehead atoms. The standard InChI is InChI=1S/C39H45F3N4O3/c1-4-45-21-16-38(17-22-45,39(40,41)42)36(49)44-34(35(47)48)23-26-7-5-9-30-28(26)8-6-10-31(30)32-12-11-27(29-13-18-43-24-33(29)32)25-46-19-14-37(2,3)15-20-46/h5-13,18,24,34H,4,14-17,19-23,25H2,1-3H3,(H,44,49)(H,47,48)/t34-/m0/s1. The van der Waals surface area contributed by atoms with E-state index < -0.39 is 42.4 Å². The number of carboxylic acids is 1. The van der Waals surface area contributed by atoms with Gasteiger partial charge in [0.15, 0.2) is 0 Å². The molecule has 6 rings (SSSR count). The number of hydrogen-bond donors (Lipinski definition) is 2. The third-order valence-electron chi connectivity index (χ3n) is 11.0. The summed E-state index contributed by atoms with van der Waals surface area (Å²) in [5.74, 6) is -2.65. The smallest absolute Gasteiger partial charge is 0.403 e. The van der Waals surface area contributed by atoms with Crippen molar-refractivity contribution in [2.45, 2.75) is 71.6 Å². The third-order valence-corrected chi connectivity index (χ3v) is 11.0. The summed E-state index contributed by atoms with van der Waals surface area (Å²) in [5.41, 5.74) is 1.54. The summed E-state index contributed by atoms with van der Waals surface area (Å²) in [7, 11) is 0. The predicted molar refractivity (Wildman–Crippen MR) is 186 cm³/mol. The number of alkyl halides is 3. The SMILES string of the molecule is CCN1CCC(C(=O)N[C@@H](Cc2cccc3c(-c4ccc(CN5CCC(C)(C)CC5)c5ccncc45)cccc23)C(=O)O)(C(F)(F)F)CC1. The first-order valence-electron chi connectivity index (χ1n) is 17.2. The molecule has 2 fully saturated rings. The number of amides is 1. The minimum atomic E-state index is -4.80. The average Bonchev–Trinajstić information content (AvgIpc) is 3.08. The number of benzene rings is 3. The molecule has 3 aromatic carbocycles. The lowest BCUT2D eigenvalue weighted by molar-refractivity contribution is -0.233. The Hall–Kier alpha value is -4.02. The molecule has 7 nitrogen and oxygen atoms in total. The van der Waals surface area contributed by atoms with Gasteiger partial charge in [-0.1, -0.05) is 69.3 Å². The van der Waals surface area contributed by atoms with Crippen LogP contribution in [0, 0.1) is 10.8 Å². The van der Waals surface area contributed by atoms with Crippen molar-refractivity contribution in [3.8, 4) is 11.1 Å². The average molecular weight is 675 g/mol. The molecule has 10 heteroatoms. The van der Waals surface area contributed by atoms with Crippen LogP contribution in [0.25, 0.3) is 32.7 Å². The summed E-state index contributed by atoms with van der Waals surface area (Å²) < 4.78 is 43.3. The summed E-state index contributed by atoms with van der Waals surface area (Å²) in [6.45, 7) is 10.3. The molecule has 4 aromatic rings. The summed E-state index contributed by atoms with van der Waals surface area (Å²) in [6, 6.07) is 16.2. The van der Waals surface area contributed by atoms with Crippen LogP contribution < -0.4 is 5.32 Å². The number of halogens is 3. The van der Waals surface area contributed by atoms with Crippen molar-refractivity contribution in [1.29, 1.82) is 0 Å². The molecule has 0 aliphatic carbocycles. The number of fused-ring (bicyclic) bond motifs is 2. The Morgan fingerprint density at radius 3 is 2.14 bits per heavy atom. The number of rotatable bonds is 9. The van der Waals surface area contributed by atoms with Crippen LogP contribution in [0.2, 0.25) is 0 Å². The van der Waals surface area contributed by atoms with Gasteiger partial charge in [0, 0.05) is 30.7 Å². The van der Waals surface area contributed by atoms with E-state index in [4.69, 9.17) is 0 Å². The van der Waals surface area contributed by atoms with Gasteiger partial charge in [-0.2, -0.15) is 13.2 Å². The maximum Gasteiger partial charge on any atom is 0.403 e. The van der Waals surface area contributed by atoms with E-state index in [2.05, 4.69) is 47.2 Å². The number of nitrogens with one attached hydrogen (secondary N) is 1. The van der Waals surface area contributed by atoms with Gasteiger partial charge in [-0.05, 0) is 108 Å². The highest BCUT2D eigenvalue weighted by atomic mass is 19.4. The molecule has 0 radical (unpaired) electrons. The van der Waals surface area contributed by atoms with Gasteiger partial charge in [0.05, 0.1) is 0 Å². The molecule has 3 heterocycles. The number of aliphatic carboxylic acids is 1. The number of carbonyl (C=O) groups excluding carboxylic acids is 1. The third kappa shape index (κ3) is 7.03. The van der Waals surface area contributed by atoms with Crippen molar-refractivity contribution < 1.29 is 27.9 Å². The molecular formula is C39H45F3N4O3. The van der Waals surface area contributed by atoms with Crippen LogP contribution in [0.1, 0.15) is 57.6 Å². The number of nitrogens with zero attached hydrogens (tertiary/aromatic N) is 3. The number of carbonyl (C=O) groups is 2. The van der Waals surface area contributed by atoms with Crippen molar-refractivity contribution in [2.24, 2.45) is 10.8 Å². The van der Waals surface area contributed by atoms with Crippen molar-refractivity contribution in [3.63, 3.8) is 0 Å². The maximum absolute atomic E-state index is 14.4. The minimum absolute atomic E-state index is 0.120. The van der Waals surface area contributed by atoms with E-state index in [1.165, 1.54) is 5.56 Å². The Bertz CT molecular complexity index is 1840. The zero-order valence-corrected chi connectivity index (χ0v) is 28.4. The molecule has 1 amide bonds. The monoisotopic (exact) mass is 674 g/mol. The molecule has 2 aliphatic heterocycles. The predicted octanol–water partition coefficient (Wildman–Crippen LogP) is 7.45. The van der Waals surface area contributed by atoms with Gasteiger partial charge in [0.2, 0.25) is 5.91 Å². The lowest BCUT2D eigenvalue weighted by Crippen LogP contribution is -2.59. The summed E-state index contributed by atoms with van der Waals surface area (Å²) in [4.78, 5) is 34.6. The van der Waals surface area contributed by atoms with E-state index in [0.717, 1.165) is 65.1 Å². The summed E-state index contributed by atoms with van der Waals surface area (Å²) in [6.07, 6.45) is 0.249. The Morgan fingerprint density at radius 1 is 0.837 bits per heavy atom. The molecular weight excluding hydrogens is 629 g/mol. The van der Waals surface area contributed by atoms with Crippen molar-refractivity contribution in [3.05, 3.63) is 78.1 Å². The number of aromatic nitrogens is 1. The van der Waals surface area contributed by atoms with E-state index in [-0.39, 0.29) is 19.5 Å². The minimum Gasteiger partial charge on any atom is -0.480 e. The van der Waals surface area contributed by atoms with Crippen molar-refractivity contribution >= 4 is 33.4 Å². The van der Waals surface area contributed by atoms with Crippen LogP contribution in [-0.2, 0) is 22.6 Å². The number of hydrogen-bond acceptors (Lipinski definition) is 5. The fourth-order valence-electron chi connectivity index (χ4n) is 7.58. The first-order chi connectivity index (χ1) is 23.3. The van der Waals surface area contributed by atoms with E-state index in [1.807, 2.05) is 54.5 Å². The molecule has 2 saturated heterocycles. The molecule has 2 N–H and O–H groups in total. The molecule has 1 atom stereocenters. The number of likely N-dealkylation sites (tertiary alicyclic amines) is 2. The van der Waals surface area contributed by atoms with Gasteiger partial charge >= 0.3 is 12.1 Å². The quantitative estimate of drug-likeness (QED) is 0.192. The van der Waals surface area contributed by atoms with Gasteiger partial charge in [-0.15, -0.1) is 0 Å². The van der Waals surface area contributed by atoms with Gasteiger partial charge in [-0.3, -0.25) is 14.7 Å². The topological polar surface area (TPSA) is 85.8 Å². The summed E-state index contributed by atoms with van der Waals surface area (Å²) in [5, 5.41) is 16.2. The second kappa shape index (κ2) is 13.7. The van der Waals surface area contributed by atoms with Crippen LogP contribution in [0.4, 0.5) is 13.2 Å². The Morgan fingerprint density at radius 2 is 1.47 bits per heavy atom. The first-order valence-corrected chi connectivity index (χ1v) is 17.2. The number of carboxylic acid groups (broad SMARTS) is 1. The fraction of sp³-hybridized carbons (Fsp3) is 0.462. The van der Waals surface area contributed by atoms with Gasteiger partial charge < -0.3 is 15.3 Å². The molecule has 0 spiro atoms. The first kappa shape index (κ1) is 34.8. The maximum atomic E-state index is 14.4. The molecule has 260 valence electrons. The van der Waals surface area contributed by atoms with E-state index in [1.54, 1.807) is 6.07 Å².